The minimum Gasteiger partial charge on any atom is -0.369 e. The number of likely N-dealkylation sites (tertiary alicyclic amines) is 1. The number of anilines is 2. The van der Waals surface area contributed by atoms with Crippen LogP contribution in [0.2, 0.25) is 0 Å². The van der Waals surface area contributed by atoms with Crippen molar-refractivity contribution in [2.75, 3.05) is 30.3 Å². The fourth-order valence-electron chi connectivity index (χ4n) is 3.70. The van der Waals surface area contributed by atoms with Gasteiger partial charge in [-0.25, -0.2) is 19.2 Å². The molecule has 2 amide bonds. The zero-order valence-corrected chi connectivity index (χ0v) is 17.0. The Kier molecular flexibility index (Phi) is 6.11. The van der Waals surface area contributed by atoms with Crippen molar-refractivity contribution in [1.29, 1.82) is 0 Å². The van der Waals surface area contributed by atoms with Crippen LogP contribution in [0.25, 0.3) is 10.9 Å². The predicted molar refractivity (Wildman–Crippen MR) is 113 cm³/mol. The predicted octanol–water partition coefficient (Wildman–Crippen LogP) is 5.14. The van der Waals surface area contributed by atoms with Gasteiger partial charge in [0.1, 0.15) is 17.3 Å². The average molecular weight is 447 g/mol. The van der Waals surface area contributed by atoms with Crippen molar-refractivity contribution in [1.82, 2.24) is 14.9 Å². The zero-order valence-electron chi connectivity index (χ0n) is 17.0. The summed E-state index contributed by atoms with van der Waals surface area (Å²) in [4.78, 5) is 22.0. The Morgan fingerprint density at radius 3 is 2.62 bits per heavy atom. The van der Waals surface area contributed by atoms with E-state index in [-0.39, 0.29) is 17.5 Å². The Labute approximate surface area is 181 Å². The smallest absolute Gasteiger partial charge is 0.369 e. The van der Waals surface area contributed by atoms with Crippen LogP contribution in [0.15, 0.2) is 48.7 Å². The van der Waals surface area contributed by atoms with Gasteiger partial charge in [0.15, 0.2) is 0 Å². The van der Waals surface area contributed by atoms with Crippen LogP contribution in [0.4, 0.5) is 33.9 Å². The molecule has 0 unspecified atom stereocenters. The molecule has 1 saturated heterocycles. The Bertz CT molecular complexity index is 1110. The van der Waals surface area contributed by atoms with E-state index in [2.05, 4.69) is 20.6 Å². The van der Waals surface area contributed by atoms with E-state index in [1.165, 1.54) is 36.5 Å². The number of alkyl halides is 3. The molecule has 6 nitrogen and oxygen atoms in total. The molecule has 2 aromatic heterocycles. The standard InChI is InChI=1S/C22H21F4N5O/c23-15-2-1-3-16(12-15)29-21(32)31-10-7-14(8-11-31)13-28-20-17-4-5-19(22(24,25)26)30-18(17)6-9-27-20/h1-6,9,12,14H,7-8,10-11,13H2,(H,27,28)(H,29,32). The fourth-order valence-corrected chi connectivity index (χ4v) is 3.70. The summed E-state index contributed by atoms with van der Waals surface area (Å²) in [7, 11) is 0. The minimum atomic E-state index is -4.50. The first-order valence-electron chi connectivity index (χ1n) is 10.2. The monoisotopic (exact) mass is 447 g/mol. The number of fused-ring (bicyclic) bond motifs is 1. The molecule has 1 fully saturated rings. The molecule has 3 heterocycles. The SMILES string of the molecule is O=C(Nc1cccc(F)c1)N1CCC(CNc2nccc3nc(C(F)(F)F)ccc23)CC1. The maximum Gasteiger partial charge on any atom is 0.433 e. The lowest BCUT2D eigenvalue weighted by molar-refractivity contribution is -0.140. The number of carbonyl (C=O) groups is 1. The van der Waals surface area contributed by atoms with Gasteiger partial charge in [-0.2, -0.15) is 13.2 Å². The van der Waals surface area contributed by atoms with E-state index in [1.807, 2.05) is 0 Å². The molecular formula is C22H21F4N5O. The second-order valence-corrected chi connectivity index (χ2v) is 7.67. The highest BCUT2D eigenvalue weighted by Gasteiger charge is 2.32. The Morgan fingerprint density at radius 2 is 1.91 bits per heavy atom. The van der Waals surface area contributed by atoms with Gasteiger partial charge in [0.25, 0.3) is 0 Å². The van der Waals surface area contributed by atoms with Gasteiger partial charge in [-0.05, 0) is 55.2 Å². The summed E-state index contributed by atoms with van der Waals surface area (Å²) in [6.07, 6.45) is -1.56. The van der Waals surface area contributed by atoms with Gasteiger partial charge in [-0.1, -0.05) is 6.07 Å². The van der Waals surface area contributed by atoms with Gasteiger partial charge in [0.05, 0.1) is 5.52 Å². The van der Waals surface area contributed by atoms with Gasteiger partial charge in [-0.3, -0.25) is 0 Å². The summed E-state index contributed by atoms with van der Waals surface area (Å²) in [5.41, 5.74) is -0.310. The number of benzene rings is 1. The molecule has 32 heavy (non-hydrogen) atoms. The number of carbonyl (C=O) groups excluding carboxylic acids is 1. The first kappa shape index (κ1) is 21.8. The summed E-state index contributed by atoms with van der Waals surface area (Å²) in [6.45, 7) is 1.67. The van der Waals surface area contributed by atoms with Gasteiger partial charge >= 0.3 is 12.2 Å². The van der Waals surface area contributed by atoms with Gasteiger partial charge in [0.2, 0.25) is 0 Å². The second-order valence-electron chi connectivity index (χ2n) is 7.67. The lowest BCUT2D eigenvalue weighted by Crippen LogP contribution is -2.42. The van der Waals surface area contributed by atoms with Crippen molar-refractivity contribution < 1.29 is 22.4 Å². The maximum atomic E-state index is 13.3. The van der Waals surface area contributed by atoms with E-state index in [0.717, 1.165) is 18.9 Å². The van der Waals surface area contributed by atoms with Crippen LogP contribution >= 0.6 is 0 Å². The van der Waals surface area contributed by atoms with Crippen molar-refractivity contribution in [2.24, 2.45) is 5.92 Å². The van der Waals surface area contributed by atoms with Crippen LogP contribution in [0.1, 0.15) is 18.5 Å². The molecule has 1 aliphatic heterocycles. The molecule has 0 aliphatic carbocycles. The third-order valence-corrected chi connectivity index (χ3v) is 5.44. The van der Waals surface area contributed by atoms with Crippen molar-refractivity contribution in [3.05, 3.63) is 60.2 Å². The van der Waals surface area contributed by atoms with Gasteiger partial charge in [-0.15, -0.1) is 0 Å². The molecule has 168 valence electrons. The summed E-state index contributed by atoms with van der Waals surface area (Å²) in [6, 6.07) is 9.23. The topological polar surface area (TPSA) is 70.2 Å². The molecule has 1 aliphatic rings. The number of nitrogens with zero attached hydrogens (tertiary/aromatic N) is 3. The van der Waals surface area contributed by atoms with Gasteiger partial charge < -0.3 is 15.5 Å². The molecule has 1 aromatic carbocycles. The Hall–Kier alpha value is -3.43. The second kappa shape index (κ2) is 8.97. The first-order chi connectivity index (χ1) is 15.3. The normalized spacial score (nSPS) is 15.1. The molecule has 2 N–H and O–H groups in total. The highest BCUT2D eigenvalue weighted by atomic mass is 19.4. The number of pyridine rings is 2. The molecule has 3 aromatic rings. The highest BCUT2D eigenvalue weighted by molar-refractivity contribution is 5.90. The number of nitrogens with one attached hydrogen (secondary N) is 2. The number of halogens is 4. The van der Waals surface area contributed by atoms with Crippen molar-refractivity contribution in [3.8, 4) is 0 Å². The van der Waals surface area contributed by atoms with E-state index in [0.29, 0.717) is 36.5 Å². The van der Waals surface area contributed by atoms with E-state index in [9.17, 15) is 22.4 Å². The van der Waals surface area contributed by atoms with E-state index >= 15 is 0 Å². The number of hydrogen-bond donors (Lipinski definition) is 2. The summed E-state index contributed by atoms with van der Waals surface area (Å²) in [5.74, 6) is 0.335. The van der Waals surface area contributed by atoms with Crippen molar-refractivity contribution >= 4 is 28.4 Å². The van der Waals surface area contributed by atoms with E-state index < -0.39 is 17.7 Å². The maximum absolute atomic E-state index is 13.3. The molecule has 0 bridgehead atoms. The number of amides is 2. The largest absolute Gasteiger partial charge is 0.433 e. The first-order valence-corrected chi connectivity index (χ1v) is 10.2. The zero-order chi connectivity index (χ0) is 22.7. The Balaban J connectivity index is 1.32. The molecule has 4 rings (SSSR count). The number of hydrogen-bond acceptors (Lipinski definition) is 4. The van der Waals surface area contributed by atoms with Crippen molar-refractivity contribution in [2.45, 2.75) is 19.0 Å². The van der Waals surface area contributed by atoms with Crippen LogP contribution in [-0.2, 0) is 6.18 Å². The van der Waals surface area contributed by atoms with Crippen LogP contribution < -0.4 is 10.6 Å². The summed E-state index contributed by atoms with van der Waals surface area (Å²) < 4.78 is 52.0. The van der Waals surface area contributed by atoms with E-state index in [4.69, 9.17) is 0 Å². The number of urea groups is 1. The van der Waals surface area contributed by atoms with Crippen LogP contribution in [-0.4, -0.2) is 40.5 Å². The average Bonchev–Trinajstić information content (AvgIpc) is 2.77. The minimum absolute atomic E-state index is 0.223. The van der Waals surface area contributed by atoms with Crippen LogP contribution in [0.3, 0.4) is 0 Å². The molecule has 0 saturated carbocycles. The lowest BCUT2D eigenvalue weighted by Gasteiger charge is -2.32. The Morgan fingerprint density at radius 1 is 1.12 bits per heavy atom. The third-order valence-electron chi connectivity index (χ3n) is 5.44. The lowest BCUT2D eigenvalue weighted by atomic mass is 9.97. The summed E-state index contributed by atoms with van der Waals surface area (Å²) >= 11 is 0. The van der Waals surface area contributed by atoms with Crippen LogP contribution in [0, 0.1) is 11.7 Å². The quantitative estimate of drug-likeness (QED) is 0.543. The highest BCUT2D eigenvalue weighted by Crippen LogP contribution is 2.30. The molecular weight excluding hydrogens is 426 g/mol. The fraction of sp³-hybridized carbons (Fsp3) is 0.318. The van der Waals surface area contributed by atoms with Crippen molar-refractivity contribution in [3.63, 3.8) is 0 Å². The van der Waals surface area contributed by atoms with Gasteiger partial charge in [0, 0.05) is 36.9 Å². The summed E-state index contributed by atoms with van der Waals surface area (Å²) in [5, 5.41) is 6.43. The number of rotatable bonds is 4. The molecule has 0 spiro atoms. The number of piperidine rings is 1. The van der Waals surface area contributed by atoms with E-state index in [1.54, 1.807) is 11.0 Å². The van der Waals surface area contributed by atoms with Crippen LogP contribution in [0.5, 0.6) is 0 Å². The molecule has 0 radical (unpaired) electrons. The number of aromatic nitrogens is 2. The molecule has 10 heteroatoms. The molecule has 0 atom stereocenters. The third kappa shape index (κ3) is 5.06.